The number of carbonyl (C=O) groups is 6. The van der Waals surface area contributed by atoms with Gasteiger partial charge in [0.1, 0.15) is 76.3 Å². The topological polar surface area (TPSA) is 244 Å². The van der Waals surface area contributed by atoms with Crippen LogP contribution >= 0.6 is 0 Å². The van der Waals surface area contributed by atoms with E-state index in [0.29, 0.717) is 52.9 Å². The van der Waals surface area contributed by atoms with E-state index in [2.05, 4.69) is 14.7 Å². The van der Waals surface area contributed by atoms with Crippen LogP contribution in [-0.2, 0) is 74.3 Å². The summed E-state index contributed by atoms with van der Waals surface area (Å²) >= 11 is 0. The molecule has 7 aliphatic rings. The van der Waals surface area contributed by atoms with Gasteiger partial charge in [-0.25, -0.2) is 55.7 Å². The number of cyclic esters (lactones) is 3. The van der Waals surface area contributed by atoms with E-state index >= 15 is 0 Å². The highest BCUT2D eigenvalue weighted by molar-refractivity contribution is 5.82. The van der Waals surface area contributed by atoms with Gasteiger partial charge in [0.05, 0.1) is 109 Å². The van der Waals surface area contributed by atoms with Crippen LogP contribution in [0.25, 0.3) is 33.4 Å². The Morgan fingerprint density at radius 3 is 1.25 bits per heavy atom. The monoisotopic (exact) mass is 1710 g/mol. The fraction of sp³-hybridized carbons (Fsp3) is 0.394. The number of pyridine rings is 3. The summed E-state index contributed by atoms with van der Waals surface area (Å²) in [5.74, 6) is -1.50. The number of aryl methyl sites for hydroxylation is 1. The predicted octanol–water partition coefficient (Wildman–Crippen LogP) is 17.6. The molecule has 0 bridgehead atoms. The molecule has 30 heteroatoms. The molecule has 6 aromatic carbocycles. The summed E-state index contributed by atoms with van der Waals surface area (Å²) in [6.45, 7) is 17.2. The number of anilines is 3. The second-order valence-corrected chi connectivity index (χ2v) is 32.4. The van der Waals surface area contributed by atoms with Gasteiger partial charge in [0, 0.05) is 108 Å². The summed E-state index contributed by atoms with van der Waals surface area (Å²) in [5.41, 5.74) is 9.74. The predicted molar refractivity (Wildman–Crippen MR) is 448 cm³/mol. The van der Waals surface area contributed by atoms with Crippen LogP contribution in [0, 0.1) is 40.8 Å². The third-order valence-corrected chi connectivity index (χ3v) is 24.1. The van der Waals surface area contributed by atoms with Gasteiger partial charge in [-0.1, -0.05) is 38.1 Å². The van der Waals surface area contributed by atoms with Crippen LogP contribution in [0.3, 0.4) is 0 Å². The number of rotatable bonds is 27. The van der Waals surface area contributed by atoms with E-state index in [4.69, 9.17) is 57.6 Å². The van der Waals surface area contributed by atoms with Crippen molar-refractivity contribution in [1.82, 2.24) is 29.7 Å². The summed E-state index contributed by atoms with van der Waals surface area (Å²) < 4.78 is 132. The van der Waals surface area contributed by atoms with Crippen molar-refractivity contribution in [2.24, 2.45) is 5.92 Å². The second kappa shape index (κ2) is 37.6. The van der Waals surface area contributed by atoms with Gasteiger partial charge >= 0.3 is 36.2 Å². The van der Waals surface area contributed by atoms with Gasteiger partial charge in [-0.2, -0.15) is 0 Å². The van der Waals surface area contributed by atoms with Crippen LogP contribution in [-0.4, -0.2) is 165 Å². The zero-order chi connectivity index (χ0) is 88.1. The summed E-state index contributed by atoms with van der Waals surface area (Å²) in [6.07, 6.45) is 0.682. The van der Waals surface area contributed by atoms with Crippen molar-refractivity contribution in [3.05, 3.63) is 231 Å². The zero-order valence-electron chi connectivity index (χ0n) is 70.9. The number of hydrogen-bond donors (Lipinski definition) is 0. The minimum atomic E-state index is -0.992. The molecule has 652 valence electrons. The first-order chi connectivity index (χ1) is 59.5. The maximum atomic E-state index is 14.0. The van der Waals surface area contributed by atoms with Crippen molar-refractivity contribution in [1.29, 1.82) is 0 Å². The first-order valence-electron chi connectivity index (χ1n) is 41.4. The van der Waals surface area contributed by atoms with E-state index in [1.54, 1.807) is 47.0 Å². The van der Waals surface area contributed by atoms with Crippen LogP contribution in [0.15, 0.2) is 146 Å². The van der Waals surface area contributed by atoms with E-state index in [9.17, 15) is 55.1 Å². The van der Waals surface area contributed by atoms with Crippen molar-refractivity contribution >= 4 is 53.6 Å². The van der Waals surface area contributed by atoms with Crippen LogP contribution < -0.4 is 28.9 Å². The molecule has 0 unspecified atom stereocenters. The largest absolute Gasteiger partial charge is 0.496 e. The van der Waals surface area contributed by atoms with Gasteiger partial charge in [-0.05, 0) is 197 Å². The van der Waals surface area contributed by atoms with E-state index in [-0.39, 0.29) is 73.3 Å². The molecule has 6 saturated heterocycles. The Kier molecular flexibility index (Phi) is 26.6. The highest BCUT2D eigenvalue weighted by Gasteiger charge is 2.47. The van der Waals surface area contributed by atoms with Gasteiger partial charge in [-0.3, -0.25) is 29.1 Å². The molecule has 7 fully saturated rings. The Bertz CT molecular complexity index is 5480. The highest BCUT2D eigenvalue weighted by Crippen LogP contribution is 2.51. The lowest BCUT2D eigenvalue weighted by Crippen LogP contribution is -2.38. The molecule has 124 heavy (non-hydrogen) atoms. The molecule has 8 atom stereocenters. The SMILES string of the molecule is CCOC(=O)[C@@H]1C[C@H]1c1ccc(OC)c(-c2ccc(N3CCC3)nc2CN2C(=O)O[C@H](c3ccc(F)c(F)c3)[C@@H]2C)c1.COC(=O)CC(C)(C)c1ccc(OC)c(-c2ccc(N3CCC3)nc2CN2C(=O)O[C@H](c3cc(F)cc(F)c3)[C@@H]2C)c1.COC(=O)CCc1ccc(OC)c(-c2ccc(N3CCC3)nc2CN2C(=O)O[C@H](c3cc(F)cc(F)c3)[C@@H]2C)c1. The van der Waals surface area contributed by atoms with Crippen LogP contribution in [0.5, 0.6) is 17.2 Å². The lowest BCUT2D eigenvalue weighted by molar-refractivity contribution is -0.145. The molecule has 0 N–H and O–H groups in total. The quantitative estimate of drug-likeness (QED) is 0.0264. The number of amides is 3. The highest BCUT2D eigenvalue weighted by atomic mass is 19.2. The molecule has 3 amide bonds. The van der Waals surface area contributed by atoms with Crippen molar-refractivity contribution < 1.29 is 97.7 Å². The fourth-order valence-corrected chi connectivity index (χ4v) is 16.4. The summed E-state index contributed by atoms with van der Waals surface area (Å²) in [4.78, 5) is 101. The third kappa shape index (κ3) is 19.1. The molecule has 0 radical (unpaired) electrons. The normalized spacial score (nSPS) is 20.0. The van der Waals surface area contributed by atoms with Gasteiger partial charge in [0.15, 0.2) is 11.6 Å². The van der Waals surface area contributed by atoms with Gasteiger partial charge < -0.3 is 57.3 Å². The Balaban J connectivity index is 0.000000151. The summed E-state index contributed by atoms with van der Waals surface area (Å²) in [7, 11) is 7.50. The Labute approximate surface area is 715 Å². The molecule has 1 aliphatic carbocycles. The molecule has 3 aromatic heterocycles. The number of benzene rings is 6. The minimum absolute atomic E-state index is 0.0657. The molecule has 9 heterocycles. The Morgan fingerprint density at radius 2 is 0.847 bits per heavy atom. The van der Waals surface area contributed by atoms with Gasteiger partial charge in [0.25, 0.3) is 0 Å². The standard InChI is InChI=1S/C32H33F2N3O5.C32H35F2N3O5.C30H31F2N3O5/c1-4-41-31(38)24-16-22(24)19-7-10-28(40-3)23(14-19)21-8-11-29(36-12-5-13-36)35-27(21)17-37-18(2)30(42-32(37)39)20-6-9-25(33)26(34)15-20;1-19-30(20-13-22(33)16-23(34)14-20)42-31(39)37(19)18-26-24(8-10-28(35-26)36-11-6-12-36)25-15-21(7-9-27(25)40-4)32(2,3)17-29(38)41-5;1-18-29(20-14-21(31)16-22(32)15-20)40-30(37)35(18)17-25-23(7-9-27(33-25)34-11-4-12-34)24-13-19(5-8-26(24)38-2)6-10-28(36)39-3/h6-11,14-15,18,22,24,30H,4-5,12-13,16-17H2,1-3H3;7-10,13-16,19,30H,6,11-12,17-18H2,1-5H3;5,7-9,13-16,18,29H,4,6,10-12,17H2,1-3H3/t18-,22-,24+,30-;19-,30-;18-,29-/m000/s1. The molecular weight excluding hydrogens is 1610 g/mol. The van der Waals surface area contributed by atoms with Crippen molar-refractivity contribution in [3.63, 3.8) is 0 Å². The fourth-order valence-electron chi connectivity index (χ4n) is 16.4. The average Bonchev–Trinajstić information content (AvgIpc) is 1.52. The smallest absolute Gasteiger partial charge is 0.411 e. The average molecular weight is 1710 g/mol. The molecule has 6 aliphatic heterocycles. The van der Waals surface area contributed by atoms with Crippen LogP contribution in [0.2, 0.25) is 0 Å². The van der Waals surface area contributed by atoms with E-state index in [1.807, 2.05) is 112 Å². The van der Waals surface area contributed by atoms with Gasteiger partial charge in [0.2, 0.25) is 0 Å². The maximum Gasteiger partial charge on any atom is 0.411 e. The number of ether oxygens (including phenoxy) is 9. The van der Waals surface area contributed by atoms with Crippen LogP contribution in [0.4, 0.5) is 58.2 Å². The number of aromatic nitrogens is 3. The molecule has 0 spiro atoms. The Hall–Kier alpha value is -12.6. The lowest BCUT2D eigenvalue weighted by atomic mass is 9.80. The molecule has 1 saturated carbocycles. The first-order valence-corrected chi connectivity index (χ1v) is 41.4. The van der Waals surface area contributed by atoms with Crippen LogP contribution in [0.1, 0.15) is 155 Å². The molecule has 24 nitrogen and oxygen atoms in total. The Morgan fingerprint density at radius 1 is 0.444 bits per heavy atom. The second-order valence-electron chi connectivity index (χ2n) is 32.4. The minimum Gasteiger partial charge on any atom is -0.496 e. The molecule has 9 aromatic rings. The number of hydrogen-bond acceptors (Lipinski definition) is 21. The first kappa shape index (κ1) is 87.7. The zero-order valence-corrected chi connectivity index (χ0v) is 70.9. The van der Waals surface area contributed by atoms with E-state index in [1.165, 1.54) is 54.4 Å². The number of esters is 3. The third-order valence-electron chi connectivity index (χ3n) is 24.1. The van der Waals surface area contributed by atoms with Crippen molar-refractivity contribution in [3.8, 4) is 50.6 Å². The number of halogens is 6. The van der Waals surface area contributed by atoms with Crippen molar-refractivity contribution in [2.45, 2.75) is 154 Å². The molecule has 16 rings (SSSR count). The number of methoxy groups -OCH3 is 5. The van der Waals surface area contributed by atoms with E-state index < -0.39 is 95.0 Å². The van der Waals surface area contributed by atoms with Crippen molar-refractivity contribution in [2.75, 3.05) is 96.1 Å². The van der Waals surface area contributed by atoms with E-state index in [0.717, 1.165) is 157 Å². The molecular formula is C94H99F6N9O15. The summed E-state index contributed by atoms with van der Waals surface area (Å²) in [6, 6.07) is 37.5. The van der Waals surface area contributed by atoms with Gasteiger partial charge in [-0.15, -0.1) is 0 Å². The maximum absolute atomic E-state index is 14.0. The summed E-state index contributed by atoms with van der Waals surface area (Å²) in [5, 5.41) is 0. The lowest BCUT2D eigenvalue weighted by Gasteiger charge is -2.33. The number of nitrogens with zero attached hydrogens (tertiary/aromatic N) is 9. The number of carbonyl (C=O) groups excluding carboxylic acids is 6.